The van der Waals surface area contributed by atoms with Gasteiger partial charge in [-0.15, -0.1) is 5.06 Å². The number of benzene rings is 3. The van der Waals surface area contributed by atoms with Gasteiger partial charge in [0.1, 0.15) is 5.57 Å². The zero-order valence-corrected chi connectivity index (χ0v) is 15.8. The van der Waals surface area contributed by atoms with Gasteiger partial charge in [-0.3, -0.25) is 9.59 Å². The molecule has 2 heterocycles. The van der Waals surface area contributed by atoms with Gasteiger partial charge in [-0.25, -0.2) is 0 Å². The van der Waals surface area contributed by atoms with Crippen molar-refractivity contribution in [1.82, 2.24) is 5.06 Å². The van der Waals surface area contributed by atoms with Crippen LogP contribution in [0.4, 0.5) is 0 Å². The summed E-state index contributed by atoms with van der Waals surface area (Å²) in [6.45, 7) is 0. The van der Waals surface area contributed by atoms with Crippen molar-refractivity contribution in [2.75, 3.05) is 0 Å². The minimum atomic E-state index is -2.02. The lowest BCUT2D eigenvalue weighted by Gasteiger charge is -2.26. The maximum Gasteiger partial charge on any atom is 0.290 e. The predicted octanol–water partition coefficient (Wildman–Crippen LogP) is 4.18. The van der Waals surface area contributed by atoms with Crippen LogP contribution in [0, 0.1) is 0 Å². The fourth-order valence-electron chi connectivity index (χ4n) is 3.77. The van der Waals surface area contributed by atoms with E-state index in [1.54, 1.807) is 72.8 Å². The highest BCUT2D eigenvalue weighted by molar-refractivity contribution is 6.30. The van der Waals surface area contributed by atoms with E-state index in [-0.39, 0.29) is 11.3 Å². The van der Waals surface area contributed by atoms with Gasteiger partial charge < -0.3 is 9.94 Å². The number of aliphatic hydroxyl groups is 1. The molecule has 1 unspecified atom stereocenters. The smallest absolute Gasteiger partial charge is 0.290 e. The second-order valence-corrected chi connectivity index (χ2v) is 7.25. The second kappa shape index (κ2) is 6.30. The van der Waals surface area contributed by atoms with Crippen LogP contribution >= 0.6 is 11.6 Å². The van der Waals surface area contributed by atoms with Gasteiger partial charge in [0.15, 0.2) is 11.5 Å². The molecule has 1 atom stereocenters. The summed E-state index contributed by atoms with van der Waals surface area (Å²) in [7, 11) is 0. The molecule has 3 aromatic carbocycles. The summed E-state index contributed by atoms with van der Waals surface area (Å²) < 4.78 is 0. The Balaban J connectivity index is 1.77. The zero-order valence-electron chi connectivity index (χ0n) is 15.0. The van der Waals surface area contributed by atoms with E-state index in [9.17, 15) is 14.7 Å². The van der Waals surface area contributed by atoms with Crippen LogP contribution in [0.15, 0.2) is 84.4 Å². The third-order valence-electron chi connectivity index (χ3n) is 5.14. The molecule has 2 aliphatic heterocycles. The highest BCUT2D eigenvalue weighted by Crippen LogP contribution is 2.51. The molecule has 0 spiro atoms. The third kappa shape index (κ3) is 2.45. The van der Waals surface area contributed by atoms with E-state index in [0.717, 1.165) is 5.06 Å². The number of ketones is 1. The number of nitrogens with zero attached hydrogens (tertiary/aromatic N) is 1. The van der Waals surface area contributed by atoms with Gasteiger partial charge in [-0.05, 0) is 30.3 Å². The number of hydrogen-bond donors (Lipinski definition) is 1. The van der Waals surface area contributed by atoms with Crippen LogP contribution in [0.2, 0.25) is 5.02 Å². The molecule has 0 aliphatic carbocycles. The molecule has 0 saturated heterocycles. The summed E-state index contributed by atoms with van der Waals surface area (Å²) in [4.78, 5) is 32.2. The van der Waals surface area contributed by atoms with Crippen molar-refractivity contribution in [3.05, 3.63) is 112 Å². The summed E-state index contributed by atoms with van der Waals surface area (Å²) in [6, 6.07) is 21.9. The van der Waals surface area contributed by atoms with Gasteiger partial charge in [-0.1, -0.05) is 60.1 Å². The number of carbonyl (C=O) groups excluding carboxylic acids is 2. The fraction of sp³-hybridized carbons (Fsp3) is 0.0435. The second-order valence-electron chi connectivity index (χ2n) is 6.81. The zero-order chi connectivity index (χ0) is 20.2. The average molecular weight is 404 g/mol. The van der Waals surface area contributed by atoms with Crippen molar-refractivity contribution in [2.24, 2.45) is 0 Å². The fourth-order valence-corrected chi connectivity index (χ4v) is 3.90. The van der Waals surface area contributed by atoms with Crippen LogP contribution in [-0.2, 0) is 10.6 Å². The van der Waals surface area contributed by atoms with Crippen molar-refractivity contribution in [2.45, 2.75) is 5.72 Å². The summed E-state index contributed by atoms with van der Waals surface area (Å²) in [5, 5.41) is 13.1. The van der Waals surface area contributed by atoms with E-state index in [1.165, 1.54) is 0 Å². The molecule has 1 N–H and O–H groups in total. The highest BCUT2D eigenvalue weighted by atomic mass is 35.5. The molecular formula is C23H14ClNO4. The number of halogens is 1. The molecule has 5 nitrogen and oxygen atoms in total. The number of rotatable bonds is 3. The van der Waals surface area contributed by atoms with Gasteiger partial charge in [0.2, 0.25) is 5.72 Å². The normalized spacial score (nSPS) is 19.8. The van der Waals surface area contributed by atoms with Crippen molar-refractivity contribution in [3.63, 3.8) is 0 Å². The predicted molar refractivity (Wildman–Crippen MR) is 107 cm³/mol. The van der Waals surface area contributed by atoms with E-state index in [0.29, 0.717) is 27.3 Å². The molecule has 0 fully saturated rings. The average Bonchev–Trinajstić information content (AvgIpc) is 3.18. The molecule has 5 rings (SSSR count). The van der Waals surface area contributed by atoms with E-state index in [4.69, 9.17) is 16.4 Å². The standard InChI is InChI=1S/C23H14ClNO4/c24-16-12-10-14(11-13-16)20(26)19-21(15-6-2-1-3-7-15)29-25-22(27)17-8-4-5-9-18(17)23(19,25)28/h1-13,28H. The molecule has 0 radical (unpaired) electrons. The lowest BCUT2D eigenvalue weighted by atomic mass is 9.87. The SMILES string of the molecule is O=C(C1=C(c2ccccc2)ON2C(=O)c3ccccc3C12O)c1ccc(Cl)cc1. The Bertz CT molecular complexity index is 1190. The van der Waals surface area contributed by atoms with Crippen molar-refractivity contribution in [1.29, 1.82) is 0 Å². The van der Waals surface area contributed by atoms with Crippen LogP contribution in [0.5, 0.6) is 0 Å². The summed E-state index contributed by atoms with van der Waals surface area (Å²) in [6.07, 6.45) is 0. The molecule has 29 heavy (non-hydrogen) atoms. The van der Waals surface area contributed by atoms with Gasteiger partial charge in [0.05, 0.1) is 5.56 Å². The van der Waals surface area contributed by atoms with Gasteiger partial charge in [0, 0.05) is 21.7 Å². The van der Waals surface area contributed by atoms with Crippen LogP contribution in [0.25, 0.3) is 5.76 Å². The summed E-state index contributed by atoms with van der Waals surface area (Å²) >= 11 is 5.95. The molecule has 1 amide bonds. The minimum Gasteiger partial charge on any atom is -0.372 e. The molecule has 3 aromatic rings. The van der Waals surface area contributed by atoms with Gasteiger partial charge in [0.25, 0.3) is 5.91 Å². The first-order chi connectivity index (χ1) is 14.0. The van der Waals surface area contributed by atoms with Crippen molar-refractivity contribution >= 4 is 29.1 Å². The number of hydroxylamine groups is 2. The van der Waals surface area contributed by atoms with E-state index in [1.807, 2.05) is 6.07 Å². The Labute approximate surface area is 171 Å². The number of amides is 1. The Morgan fingerprint density at radius 2 is 1.59 bits per heavy atom. The first kappa shape index (κ1) is 17.7. The lowest BCUT2D eigenvalue weighted by molar-refractivity contribution is -0.177. The van der Waals surface area contributed by atoms with Gasteiger partial charge in [-0.2, -0.15) is 0 Å². The Morgan fingerprint density at radius 1 is 0.931 bits per heavy atom. The van der Waals surface area contributed by atoms with Crippen LogP contribution < -0.4 is 0 Å². The topological polar surface area (TPSA) is 66.8 Å². The largest absolute Gasteiger partial charge is 0.372 e. The number of hydrogen-bond acceptors (Lipinski definition) is 4. The molecule has 0 bridgehead atoms. The lowest BCUT2D eigenvalue weighted by Crippen LogP contribution is -2.41. The van der Waals surface area contributed by atoms with Crippen LogP contribution in [-0.4, -0.2) is 21.9 Å². The number of Topliss-reactive ketones (excluding diaryl/α,β-unsaturated/α-hetero) is 1. The third-order valence-corrected chi connectivity index (χ3v) is 5.39. The molecular weight excluding hydrogens is 390 g/mol. The van der Waals surface area contributed by atoms with Gasteiger partial charge >= 0.3 is 0 Å². The Hall–Kier alpha value is -3.41. The minimum absolute atomic E-state index is 0.00989. The van der Waals surface area contributed by atoms with Crippen molar-refractivity contribution < 1.29 is 19.5 Å². The molecule has 0 saturated carbocycles. The maximum atomic E-state index is 13.5. The maximum absolute atomic E-state index is 13.5. The molecule has 142 valence electrons. The number of carbonyl (C=O) groups is 2. The Morgan fingerprint density at radius 3 is 2.31 bits per heavy atom. The quantitative estimate of drug-likeness (QED) is 0.666. The van der Waals surface area contributed by atoms with E-state index < -0.39 is 17.4 Å². The first-order valence-corrected chi connectivity index (χ1v) is 9.34. The number of fused-ring (bicyclic) bond motifs is 3. The molecule has 6 heteroatoms. The van der Waals surface area contributed by atoms with E-state index >= 15 is 0 Å². The first-order valence-electron chi connectivity index (χ1n) is 8.96. The summed E-state index contributed by atoms with van der Waals surface area (Å²) in [5.41, 5.74) is -0.511. The molecule has 2 aliphatic rings. The highest BCUT2D eigenvalue weighted by Gasteiger charge is 2.61. The van der Waals surface area contributed by atoms with E-state index in [2.05, 4.69) is 0 Å². The van der Waals surface area contributed by atoms with Crippen molar-refractivity contribution in [3.8, 4) is 0 Å². The Kier molecular flexibility index (Phi) is 3.84. The van der Waals surface area contributed by atoms with Crippen LogP contribution in [0.3, 0.4) is 0 Å². The van der Waals surface area contributed by atoms with Crippen LogP contribution in [0.1, 0.15) is 31.8 Å². The summed E-state index contributed by atoms with van der Waals surface area (Å²) in [5.74, 6) is -0.804. The monoisotopic (exact) mass is 403 g/mol. The molecule has 0 aromatic heterocycles.